The average Bonchev–Trinajstić information content (AvgIpc) is 3.62. The highest BCUT2D eigenvalue weighted by molar-refractivity contribution is 7.92. The van der Waals surface area contributed by atoms with Gasteiger partial charge in [0.25, 0.3) is 5.56 Å². The van der Waals surface area contributed by atoms with Crippen molar-refractivity contribution in [3.8, 4) is 16.9 Å². The molecule has 0 radical (unpaired) electrons. The second-order valence-corrected chi connectivity index (χ2v) is 10.6. The lowest BCUT2D eigenvalue weighted by atomic mass is 10.0. The third kappa shape index (κ3) is 3.59. The van der Waals surface area contributed by atoms with Crippen LogP contribution in [0.5, 0.6) is 5.75 Å². The second-order valence-electron chi connectivity index (χ2n) is 8.42. The maximum absolute atomic E-state index is 13.1. The first kappa shape index (κ1) is 18.5. The average molecular weight is 412 g/mol. The number of hydrogen-bond donors (Lipinski definition) is 2. The van der Waals surface area contributed by atoms with Gasteiger partial charge in [0.2, 0.25) is 0 Å². The van der Waals surface area contributed by atoms with Gasteiger partial charge >= 0.3 is 0 Å². The lowest BCUT2D eigenvalue weighted by molar-refractivity contribution is 0.301. The Morgan fingerprint density at radius 1 is 1.17 bits per heavy atom. The number of nitrogens with zero attached hydrogens (tertiary/aromatic N) is 1. The summed E-state index contributed by atoms with van der Waals surface area (Å²) in [5.41, 5.74) is 2.08. The van der Waals surface area contributed by atoms with Crippen LogP contribution in [0, 0.1) is 16.6 Å². The van der Waals surface area contributed by atoms with E-state index in [1.807, 2.05) is 18.2 Å². The predicted molar refractivity (Wildman–Crippen MR) is 114 cm³/mol. The van der Waals surface area contributed by atoms with Crippen LogP contribution < -0.4 is 10.3 Å². The molecule has 2 heterocycles. The number of aromatic amines is 1. The van der Waals surface area contributed by atoms with Crippen molar-refractivity contribution in [2.75, 3.05) is 12.4 Å². The van der Waals surface area contributed by atoms with Crippen LogP contribution in [-0.2, 0) is 16.8 Å². The smallest absolute Gasteiger partial charge is 0.274 e. The molecule has 7 heteroatoms. The molecule has 152 valence electrons. The molecule has 29 heavy (non-hydrogen) atoms. The standard InChI is InChI=1S/C22H25N3O3S/c1-25-11-19(17-8-9-24-21(17)22(25)26)18-10-16(29(23,27)13-15-4-5-15)6-7-20(18)28-12-14-2-3-14/h6-11,14-15,23-24H,2-5,12-13H2,1H3. The third-order valence-electron chi connectivity index (χ3n) is 5.85. The summed E-state index contributed by atoms with van der Waals surface area (Å²) in [6.07, 6.45) is 8.07. The summed E-state index contributed by atoms with van der Waals surface area (Å²) in [5.74, 6) is 2.14. The number of fused-ring (bicyclic) bond motifs is 1. The number of hydrogen-bond acceptors (Lipinski definition) is 4. The quantitative estimate of drug-likeness (QED) is 0.612. The van der Waals surface area contributed by atoms with E-state index in [2.05, 4.69) is 4.98 Å². The molecule has 0 aliphatic heterocycles. The van der Waals surface area contributed by atoms with E-state index in [1.54, 1.807) is 30.1 Å². The SMILES string of the molecule is Cn1cc(-c2cc(S(=N)(=O)CC3CC3)ccc2OCC2CC2)c2cc[nH]c2c1=O. The molecular weight excluding hydrogens is 386 g/mol. The number of H-pyrrole nitrogens is 1. The first-order valence-corrected chi connectivity index (χ1v) is 11.9. The molecule has 1 aromatic carbocycles. The zero-order valence-corrected chi connectivity index (χ0v) is 17.3. The van der Waals surface area contributed by atoms with Crippen molar-refractivity contribution in [2.45, 2.75) is 30.6 Å². The highest BCUT2D eigenvalue weighted by atomic mass is 32.2. The van der Waals surface area contributed by atoms with Gasteiger partial charge in [0.05, 0.1) is 16.3 Å². The maximum atomic E-state index is 13.1. The Labute approximate surface area is 169 Å². The Balaban J connectivity index is 1.66. The van der Waals surface area contributed by atoms with Gasteiger partial charge < -0.3 is 14.3 Å². The van der Waals surface area contributed by atoms with Crippen molar-refractivity contribution in [3.05, 3.63) is 47.0 Å². The van der Waals surface area contributed by atoms with Crippen LogP contribution >= 0.6 is 0 Å². The minimum atomic E-state index is -2.85. The fourth-order valence-corrected chi connectivity index (χ4v) is 5.52. The van der Waals surface area contributed by atoms with Crippen LogP contribution in [0.15, 0.2) is 46.3 Å². The Hall–Kier alpha value is -2.54. The molecule has 0 spiro atoms. The molecule has 6 nitrogen and oxygen atoms in total. The van der Waals surface area contributed by atoms with Gasteiger partial charge in [-0.05, 0) is 61.8 Å². The molecule has 0 amide bonds. The van der Waals surface area contributed by atoms with E-state index in [9.17, 15) is 9.00 Å². The summed E-state index contributed by atoms with van der Waals surface area (Å²) >= 11 is 0. The molecule has 2 saturated carbocycles. The summed E-state index contributed by atoms with van der Waals surface area (Å²) in [7, 11) is -1.13. The van der Waals surface area contributed by atoms with Gasteiger partial charge in [-0.3, -0.25) is 4.79 Å². The van der Waals surface area contributed by atoms with Crippen LogP contribution in [-0.4, -0.2) is 26.1 Å². The first-order valence-electron chi connectivity index (χ1n) is 10.1. The van der Waals surface area contributed by atoms with Crippen LogP contribution in [0.2, 0.25) is 0 Å². The van der Waals surface area contributed by atoms with Crippen LogP contribution in [0.3, 0.4) is 0 Å². The largest absolute Gasteiger partial charge is 0.493 e. The van der Waals surface area contributed by atoms with Gasteiger partial charge in [0, 0.05) is 46.6 Å². The van der Waals surface area contributed by atoms with Gasteiger partial charge in [-0.2, -0.15) is 0 Å². The van der Waals surface area contributed by atoms with Crippen molar-refractivity contribution >= 4 is 20.6 Å². The normalized spacial score (nSPS) is 18.7. The van der Waals surface area contributed by atoms with E-state index in [0.29, 0.717) is 40.4 Å². The van der Waals surface area contributed by atoms with Crippen molar-refractivity contribution in [1.29, 1.82) is 4.78 Å². The van der Waals surface area contributed by atoms with Crippen LogP contribution in [0.4, 0.5) is 0 Å². The van der Waals surface area contributed by atoms with E-state index >= 15 is 0 Å². The zero-order chi connectivity index (χ0) is 20.2. The minimum Gasteiger partial charge on any atom is -0.493 e. The Morgan fingerprint density at radius 3 is 2.66 bits per heavy atom. The number of rotatable bonds is 7. The Kier molecular flexibility index (Phi) is 4.31. The molecule has 2 aliphatic rings. The summed E-state index contributed by atoms with van der Waals surface area (Å²) in [4.78, 5) is 16.0. The molecular formula is C22H25N3O3S. The number of nitrogens with one attached hydrogen (secondary N) is 2. The number of pyridine rings is 1. The first-order chi connectivity index (χ1) is 13.9. The molecule has 2 N–H and O–H groups in total. The number of aromatic nitrogens is 2. The van der Waals surface area contributed by atoms with Crippen LogP contribution in [0.1, 0.15) is 25.7 Å². The molecule has 2 aliphatic carbocycles. The highest BCUT2D eigenvalue weighted by Crippen LogP contribution is 2.39. The lowest BCUT2D eigenvalue weighted by Crippen LogP contribution is -2.16. The van der Waals surface area contributed by atoms with E-state index < -0.39 is 9.73 Å². The molecule has 3 aromatic rings. The van der Waals surface area contributed by atoms with E-state index in [1.165, 1.54) is 12.8 Å². The Morgan fingerprint density at radius 2 is 1.93 bits per heavy atom. The fourth-order valence-electron chi connectivity index (χ4n) is 3.74. The van der Waals surface area contributed by atoms with Crippen molar-refractivity contribution in [1.82, 2.24) is 9.55 Å². The van der Waals surface area contributed by atoms with Gasteiger partial charge in [-0.25, -0.2) is 8.99 Å². The van der Waals surface area contributed by atoms with E-state index in [-0.39, 0.29) is 5.56 Å². The monoisotopic (exact) mass is 411 g/mol. The summed E-state index contributed by atoms with van der Waals surface area (Å²) in [5, 5.41) is 0.806. The summed E-state index contributed by atoms with van der Waals surface area (Å²) in [6.45, 7) is 0.659. The van der Waals surface area contributed by atoms with Crippen molar-refractivity contribution < 1.29 is 8.95 Å². The molecule has 1 unspecified atom stereocenters. The molecule has 2 aromatic heterocycles. The van der Waals surface area contributed by atoms with Gasteiger partial charge in [0.1, 0.15) is 11.3 Å². The van der Waals surface area contributed by atoms with Gasteiger partial charge in [-0.15, -0.1) is 0 Å². The van der Waals surface area contributed by atoms with Crippen molar-refractivity contribution in [2.24, 2.45) is 18.9 Å². The zero-order valence-electron chi connectivity index (χ0n) is 16.4. The molecule has 5 rings (SSSR count). The summed E-state index contributed by atoms with van der Waals surface area (Å²) < 4.78 is 29.3. The van der Waals surface area contributed by atoms with Crippen molar-refractivity contribution in [3.63, 3.8) is 0 Å². The molecule has 1 atom stereocenters. The maximum Gasteiger partial charge on any atom is 0.274 e. The molecule has 2 fully saturated rings. The number of benzene rings is 1. The minimum absolute atomic E-state index is 0.0941. The summed E-state index contributed by atoms with van der Waals surface area (Å²) in [6, 6.07) is 7.34. The predicted octanol–water partition coefficient (Wildman–Crippen LogP) is 4.14. The fraction of sp³-hybridized carbons (Fsp3) is 0.409. The molecule has 0 bridgehead atoms. The van der Waals surface area contributed by atoms with Gasteiger partial charge in [0.15, 0.2) is 0 Å². The highest BCUT2D eigenvalue weighted by Gasteiger charge is 2.28. The van der Waals surface area contributed by atoms with Crippen LogP contribution in [0.25, 0.3) is 22.0 Å². The molecule has 0 saturated heterocycles. The number of ether oxygens (including phenoxy) is 1. The second kappa shape index (κ2) is 6.76. The van der Waals surface area contributed by atoms with E-state index in [4.69, 9.17) is 9.52 Å². The Bertz CT molecular complexity index is 1250. The number of aryl methyl sites for hydroxylation is 1. The lowest BCUT2D eigenvalue weighted by Gasteiger charge is -2.16. The topological polar surface area (TPSA) is 87.9 Å². The third-order valence-corrected chi connectivity index (χ3v) is 7.81. The van der Waals surface area contributed by atoms with Gasteiger partial charge in [-0.1, -0.05) is 0 Å². The van der Waals surface area contributed by atoms with E-state index in [0.717, 1.165) is 29.4 Å².